The highest BCUT2D eigenvalue weighted by molar-refractivity contribution is 5.99. The van der Waals surface area contributed by atoms with E-state index in [9.17, 15) is 9.59 Å². The van der Waals surface area contributed by atoms with Gasteiger partial charge >= 0.3 is 0 Å². The van der Waals surface area contributed by atoms with Crippen LogP contribution in [-0.2, 0) is 23.2 Å². The molecule has 116 valence electrons. The van der Waals surface area contributed by atoms with E-state index >= 15 is 0 Å². The van der Waals surface area contributed by atoms with Gasteiger partial charge in [-0.15, -0.1) is 5.10 Å². The summed E-state index contributed by atoms with van der Waals surface area (Å²) in [5.74, 6) is -0.233. The summed E-state index contributed by atoms with van der Waals surface area (Å²) in [4.78, 5) is 26.8. The van der Waals surface area contributed by atoms with Gasteiger partial charge in [0.25, 0.3) is 0 Å². The van der Waals surface area contributed by atoms with Crippen molar-refractivity contribution in [3.05, 3.63) is 11.9 Å². The van der Waals surface area contributed by atoms with Gasteiger partial charge < -0.3 is 10.2 Å². The number of aryl methyl sites for hydroxylation is 1. The molecule has 1 aliphatic heterocycles. The molecule has 21 heavy (non-hydrogen) atoms. The first-order valence-corrected chi connectivity index (χ1v) is 7.01. The van der Waals surface area contributed by atoms with Crippen molar-refractivity contribution in [2.24, 2.45) is 12.5 Å². The molecule has 0 bridgehead atoms. The first-order chi connectivity index (χ1) is 9.53. The van der Waals surface area contributed by atoms with E-state index in [-0.39, 0.29) is 23.8 Å². The molecule has 1 saturated heterocycles. The van der Waals surface area contributed by atoms with Gasteiger partial charge in [-0.2, -0.15) is 0 Å². The number of carbonyl (C=O) groups excluding carboxylic acids is 2. The molecular formula is C14H23N5O2. The maximum Gasteiger partial charge on any atom is 0.246 e. The van der Waals surface area contributed by atoms with Gasteiger partial charge in [-0.3, -0.25) is 14.3 Å². The van der Waals surface area contributed by atoms with Crippen LogP contribution in [-0.4, -0.2) is 43.3 Å². The quantitative estimate of drug-likeness (QED) is 0.859. The van der Waals surface area contributed by atoms with Crippen LogP contribution < -0.4 is 5.32 Å². The Hall–Kier alpha value is -1.92. The Bertz CT molecular complexity index is 570. The van der Waals surface area contributed by atoms with Crippen molar-refractivity contribution in [2.75, 3.05) is 0 Å². The Morgan fingerprint density at radius 1 is 1.33 bits per heavy atom. The maximum absolute atomic E-state index is 12.8. The van der Waals surface area contributed by atoms with Crippen LogP contribution in [0.5, 0.6) is 0 Å². The minimum Gasteiger partial charge on any atom is -0.342 e. The Morgan fingerprint density at radius 3 is 2.43 bits per heavy atom. The SMILES string of the molecule is Cn1cc(CN2C(=O)C(C(C)(C)C)NC(=O)C2(C)C)nn1. The number of carbonyl (C=O) groups is 2. The lowest BCUT2D eigenvalue weighted by Gasteiger charge is -2.47. The Balaban J connectivity index is 2.34. The minimum absolute atomic E-state index is 0.0854. The lowest BCUT2D eigenvalue weighted by Crippen LogP contribution is -2.70. The van der Waals surface area contributed by atoms with Crippen molar-refractivity contribution in [1.29, 1.82) is 0 Å². The molecule has 0 saturated carbocycles. The predicted molar refractivity (Wildman–Crippen MR) is 77.0 cm³/mol. The standard InChI is InChI=1S/C14H23N5O2/c1-13(2,3)10-11(20)19(14(4,5)12(21)15-10)8-9-7-18(6)17-16-9/h7,10H,8H2,1-6H3,(H,15,21). The fourth-order valence-electron chi connectivity index (χ4n) is 2.42. The van der Waals surface area contributed by atoms with Crippen molar-refractivity contribution in [3.63, 3.8) is 0 Å². The number of hydrogen-bond acceptors (Lipinski definition) is 4. The van der Waals surface area contributed by atoms with Crippen molar-refractivity contribution in [3.8, 4) is 0 Å². The van der Waals surface area contributed by atoms with E-state index < -0.39 is 11.6 Å². The number of nitrogens with zero attached hydrogens (tertiary/aromatic N) is 4. The molecule has 1 unspecified atom stereocenters. The molecule has 1 aromatic heterocycles. The molecule has 7 nitrogen and oxygen atoms in total. The predicted octanol–water partition coefficient (Wildman–Crippen LogP) is 0.467. The fraction of sp³-hybridized carbons (Fsp3) is 0.714. The molecule has 1 atom stereocenters. The van der Waals surface area contributed by atoms with Crippen molar-refractivity contribution < 1.29 is 9.59 Å². The molecule has 7 heteroatoms. The molecule has 0 spiro atoms. The summed E-state index contributed by atoms with van der Waals surface area (Å²) in [6, 6.07) is -0.533. The van der Waals surface area contributed by atoms with Gasteiger partial charge in [0.15, 0.2) is 0 Å². The minimum atomic E-state index is -0.906. The summed E-state index contributed by atoms with van der Waals surface area (Å²) >= 11 is 0. The Labute approximate surface area is 124 Å². The van der Waals surface area contributed by atoms with E-state index in [2.05, 4.69) is 15.6 Å². The molecule has 2 rings (SSSR count). The highest BCUT2D eigenvalue weighted by atomic mass is 16.2. The number of amides is 2. The number of piperazine rings is 1. The van der Waals surface area contributed by atoms with Crippen LogP contribution in [0, 0.1) is 5.41 Å². The van der Waals surface area contributed by atoms with Crippen LogP contribution in [0.1, 0.15) is 40.3 Å². The molecule has 1 aromatic rings. The van der Waals surface area contributed by atoms with E-state index in [1.54, 1.807) is 36.7 Å². The molecule has 1 aliphatic rings. The highest BCUT2D eigenvalue weighted by Gasteiger charge is 2.49. The third-order valence-electron chi connectivity index (χ3n) is 3.86. The number of aromatic nitrogens is 3. The lowest BCUT2D eigenvalue weighted by atomic mass is 9.82. The summed E-state index contributed by atoms with van der Waals surface area (Å²) in [6.45, 7) is 9.59. The van der Waals surface area contributed by atoms with Gasteiger partial charge in [-0.25, -0.2) is 0 Å². The van der Waals surface area contributed by atoms with Gasteiger partial charge in [0.05, 0.1) is 6.54 Å². The Kier molecular flexibility index (Phi) is 3.55. The molecule has 0 radical (unpaired) electrons. The summed E-state index contributed by atoms with van der Waals surface area (Å²) in [7, 11) is 1.77. The molecule has 1 N–H and O–H groups in total. The largest absolute Gasteiger partial charge is 0.342 e. The average molecular weight is 293 g/mol. The zero-order valence-corrected chi connectivity index (χ0v) is 13.5. The first-order valence-electron chi connectivity index (χ1n) is 7.01. The fourth-order valence-corrected chi connectivity index (χ4v) is 2.42. The number of rotatable bonds is 2. The maximum atomic E-state index is 12.8. The van der Waals surface area contributed by atoms with Crippen molar-refractivity contribution in [1.82, 2.24) is 25.2 Å². The van der Waals surface area contributed by atoms with Crippen LogP contribution >= 0.6 is 0 Å². The van der Waals surface area contributed by atoms with E-state index in [0.29, 0.717) is 5.69 Å². The number of nitrogens with one attached hydrogen (secondary N) is 1. The lowest BCUT2D eigenvalue weighted by molar-refractivity contribution is -0.159. The first kappa shape index (κ1) is 15.5. The zero-order chi connectivity index (χ0) is 16.0. The summed E-state index contributed by atoms with van der Waals surface area (Å²) in [6.07, 6.45) is 1.75. The molecule has 0 aromatic carbocycles. The zero-order valence-electron chi connectivity index (χ0n) is 13.5. The number of hydrogen-bond donors (Lipinski definition) is 1. The smallest absolute Gasteiger partial charge is 0.246 e. The van der Waals surface area contributed by atoms with Gasteiger partial charge in [0.2, 0.25) is 11.8 Å². The van der Waals surface area contributed by atoms with Gasteiger partial charge in [-0.1, -0.05) is 26.0 Å². The average Bonchev–Trinajstić information content (AvgIpc) is 2.74. The van der Waals surface area contributed by atoms with Crippen LogP contribution in [0.3, 0.4) is 0 Å². The van der Waals surface area contributed by atoms with Gasteiger partial charge in [0.1, 0.15) is 17.3 Å². The Morgan fingerprint density at radius 2 is 1.95 bits per heavy atom. The van der Waals surface area contributed by atoms with Gasteiger partial charge in [0, 0.05) is 13.2 Å². The molecule has 1 fully saturated rings. The van der Waals surface area contributed by atoms with E-state index in [4.69, 9.17) is 0 Å². The van der Waals surface area contributed by atoms with Crippen molar-refractivity contribution in [2.45, 2.75) is 52.7 Å². The second-order valence-corrected chi connectivity index (χ2v) is 7.14. The molecule has 0 aliphatic carbocycles. The molecule has 2 amide bonds. The third-order valence-corrected chi connectivity index (χ3v) is 3.86. The summed E-state index contributed by atoms with van der Waals surface area (Å²) in [5, 5.41) is 10.7. The second-order valence-electron chi connectivity index (χ2n) is 7.14. The van der Waals surface area contributed by atoms with Crippen LogP contribution in [0.25, 0.3) is 0 Å². The highest BCUT2D eigenvalue weighted by Crippen LogP contribution is 2.30. The van der Waals surface area contributed by atoms with Gasteiger partial charge in [-0.05, 0) is 19.3 Å². The second kappa shape index (κ2) is 4.82. The van der Waals surface area contributed by atoms with E-state index in [0.717, 1.165) is 0 Å². The van der Waals surface area contributed by atoms with Crippen LogP contribution in [0.4, 0.5) is 0 Å². The molecule has 2 heterocycles. The molecular weight excluding hydrogens is 270 g/mol. The topological polar surface area (TPSA) is 80.1 Å². The van der Waals surface area contributed by atoms with Crippen LogP contribution in [0.2, 0.25) is 0 Å². The van der Waals surface area contributed by atoms with E-state index in [1.165, 1.54) is 0 Å². The van der Waals surface area contributed by atoms with Crippen LogP contribution in [0.15, 0.2) is 6.20 Å². The summed E-state index contributed by atoms with van der Waals surface area (Å²) < 4.78 is 1.58. The van der Waals surface area contributed by atoms with Crippen molar-refractivity contribution >= 4 is 11.8 Å². The third kappa shape index (κ3) is 2.77. The monoisotopic (exact) mass is 293 g/mol. The van der Waals surface area contributed by atoms with E-state index in [1.807, 2.05) is 20.8 Å². The summed E-state index contributed by atoms with van der Waals surface area (Å²) in [5.41, 5.74) is -0.582. The normalized spacial score (nSPS) is 22.4.